The van der Waals surface area contributed by atoms with Crippen LogP contribution in [0.25, 0.3) is 10.8 Å². The highest BCUT2D eigenvalue weighted by molar-refractivity contribution is 5.87. The zero-order chi connectivity index (χ0) is 66.4. The van der Waals surface area contributed by atoms with Crippen LogP contribution in [0.15, 0.2) is 60.7 Å². The maximum atomic E-state index is 2.50. The van der Waals surface area contributed by atoms with Gasteiger partial charge in [-0.15, -0.1) is 0 Å². The van der Waals surface area contributed by atoms with Gasteiger partial charge in [-0.3, -0.25) is 0 Å². The molecule has 90 heavy (non-hydrogen) atoms. The molecule has 2 bridgehead atoms. The Bertz CT molecular complexity index is 2680. The number of hydrogen-bond acceptors (Lipinski definition) is 0. The second-order valence-corrected chi connectivity index (χ2v) is 35.6. The van der Waals surface area contributed by atoms with Gasteiger partial charge in [-0.25, -0.2) is 0 Å². The van der Waals surface area contributed by atoms with Crippen molar-refractivity contribution in [1.82, 2.24) is 0 Å². The molecule has 18 atom stereocenters. The van der Waals surface area contributed by atoms with Crippen molar-refractivity contribution >= 4 is 10.8 Å². The van der Waals surface area contributed by atoms with Gasteiger partial charge in [-0.2, -0.15) is 0 Å². The average molecular weight is 1230 g/mol. The minimum absolute atomic E-state index is 0.720. The first kappa shape index (κ1) is 76.2. The van der Waals surface area contributed by atoms with E-state index in [1.807, 2.05) is 0 Å². The van der Waals surface area contributed by atoms with E-state index in [-0.39, 0.29) is 0 Å². The monoisotopic (exact) mass is 1230 g/mol. The lowest BCUT2D eigenvalue weighted by Gasteiger charge is -2.54. The predicted octanol–water partition coefficient (Wildman–Crippen LogP) is 27.8. The van der Waals surface area contributed by atoms with Gasteiger partial charge in [0, 0.05) is 0 Å². The molecule has 9 fully saturated rings. The van der Waals surface area contributed by atoms with Crippen LogP contribution in [-0.4, -0.2) is 0 Å². The van der Waals surface area contributed by atoms with Gasteiger partial charge in [0.1, 0.15) is 0 Å². The van der Waals surface area contributed by atoms with Crippen LogP contribution in [0.1, 0.15) is 308 Å². The van der Waals surface area contributed by atoms with Gasteiger partial charge in [0.05, 0.1) is 0 Å². The summed E-state index contributed by atoms with van der Waals surface area (Å²) in [6.07, 6.45) is 35.3. The van der Waals surface area contributed by atoms with Crippen molar-refractivity contribution in [2.45, 2.75) is 320 Å². The van der Waals surface area contributed by atoms with E-state index in [9.17, 15) is 0 Å². The smallest absolute Gasteiger partial charge is 0.0152 e. The molecule has 10 aliphatic carbocycles. The van der Waals surface area contributed by atoms with E-state index in [4.69, 9.17) is 0 Å². The van der Waals surface area contributed by atoms with Crippen LogP contribution in [0, 0.1) is 173 Å². The molecule has 10 aliphatic rings. The van der Waals surface area contributed by atoms with E-state index in [0.29, 0.717) is 0 Å². The Morgan fingerprint density at radius 3 is 1.27 bits per heavy atom. The van der Waals surface area contributed by atoms with Crippen molar-refractivity contribution in [1.29, 1.82) is 0 Å². The van der Waals surface area contributed by atoms with Crippen LogP contribution in [0.4, 0.5) is 0 Å². The summed E-state index contributed by atoms with van der Waals surface area (Å²) in [5.74, 6) is 18.2. The molecular formula is C90H148. The molecular weight excluding hydrogens is 1080 g/mol. The quantitative estimate of drug-likeness (QED) is 0.165. The lowest BCUT2D eigenvalue weighted by atomic mass is 9.51. The Hall–Kier alpha value is -2.86. The van der Waals surface area contributed by atoms with Gasteiger partial charge in [-0.1, -0.05) is 234 Å². The normalized spacial score (nSPS) is 36.4. The van der Waals surface area contributed by atoms with E-state index in [0.717, 1.165) is 117 Å². The molecule has 0 saturated heterocycles. The van der Waals surface area contributed by atoms with Crippen LogP contribution in [0.2, 0.25) is 0 Å². The largest absolute Gasteiger partial charge is 0.0625 e. The second-order valence-electron chi connectivity index (χ2n) is 35.6. The lowest BCUT2D eigenvalue weighted by Crippen LogP contribution is -2.43. The molecule has 0 nitrogen and oxygen atoms in total. The van der Waals surface area contributed by atoms with Crippen LogP contribution in [0.3, 0.4) is 0 Å². The van der Waals surface area contributed by atoms with Crippen molar-refractivity contribution < 1.29 is 0 Å². The molecule has 0 N–H and O–H groups in total. The van der Waals surface area contributed by atoms with Gasteiger partial charge in [0.15, 0.2) is 0 Å². The second kappa shape index (κ2) is 35.2. The summed E-state index contributed by atoms with van der Waals surface area (Å²) in [5.41, 5.74) is 15.9. The van der Waals surface area contributed by atoms with E-state index in [2.05, 4.69) is 227 Å². The first-order valence-electron chi connectivity index (χ1n) is 39.0. The summed E-state index contributed by atoms with van der Waals surface area (Å²) >= 11 is 0. The van der Waals surface area contributed by atoms with E-state index < -0.39 is 0 Å². The maximum absolute atomic E-state index is 2.50. The molecule has 0 amide bonds. The summed E-state index contributed by atoms with van der Waals surface area (Å²) in [4.78, 5) is 0. The Kier molecular flexibility index (Phi) is 29.8. The zero-order valence-corrected chi connectivity index (χ0v) is 64.1. The molecule has 4 aromatic carbocycles. The third-order valence-electron chi connectivity index (χ3n) is 27.8. The molecule has 14 rings (SSSR count). The summed E-state index contributed by atoms with van der Waals surface area (Å²) < 4.78 is 0. The first-order chi connectivity index (χ1) is 42.4. The molecule has 2 unspecified atom stereocenters. The van der Waals surface area contributed by atoms with Crippen molar-refractivity contribution in [2.24, 2.45) is 117 Å². The minimum Gasteiger partial charge on any atom is -0.0625 e. The Morgan fingerprint density at radius 2 is 0.800 bits per heavy atom. The molecule has 9 saturated carbocycles. The Labute approximate surface area is 561 Å². The fourth-order valence-electron chi connectivity index (χ4n) is 19.1. The topological polar surface area (TPSA) is 0 Å². The molecule has 0 heteroatoms. The molecule has 0 aromatic heterocycles. The summed E-state index contributed by atoms with van der Waals surface area (Å²) in [6.45, 7) is 56.3. The third kappa shape index (κ3) is 22.1. The highest BCUT2D eigenvalue weighted by Gasteiger charge is 2.47. The highest BCUT2D eigenvalue weighted by Crippen LogP contribution is 2.59. The van der Waals surface area contributed by atoms with Crippen LogP contribution in [-0.2, 0) is 12.8 Å². The highest BCUT2D eigenvalue weighted by atomic mass is 14.5. The summed E-state index contributed by atoms with van der Waals surface area (Å²) in [6, 6.07) is 22.1. The number of rotatable bonds is 0. The zero-order valence-electron chi connectivity index (χ0n) is 64.1. The van der Waals surface area contributed by atoms with Crippen LogP contribution < -0.4 is 0 Å². The number of hydrogen-bond donors (Lipinski definition) is 0. The average Bonchev–Trinajstić information content (AvgIpc) is 0.837. The summed E-state index contributed by atoms with van der Waals surface area (Å²) in [5, 5.41) is 2.73. The van der Waals surface area contributed by atoms with Gasteiger partial charge in [0.2, 0.25) is 0 Å². The van der Waals surface area contributed by atoms with E-state index in [1.54, 1.807) is 11.1 Å². The van der Waals surface area contributed by atoms with Gasteiger partial charge >= 0.3 is 0 Å². The molecule has 0 spiro atoms. The fourth-order valence-corrected chi connectivity index (χ4v) is 19.1. The van der Waals surface area contributed by atoms with Crippen LogP contribution >= 0.6 is 0 Å². The van der Waals surface area contributed by atoms with Crippen molar-refractivity contribution in [3.05, 3.63) is 116 Å². The molecule has 0 heterocycles. The van der Waals surface area contributed by atoms with Gasteiger partial charge in [-0.05, 0) is 331 Å². The van der Waals surface area contributed by atoms with E-state index >= 15 is 0 Å². The predicted molar refractivity (Wildman–Crippen MR) is 402 cm³/mol. The van der Waals surface area contributed by atoms with Gasteiger partial charge in [0.25, 0.3) is 0 Å². The van der Waals surface area contributed by atoms with Crippen molar-refractivity contribution in [3.8, 4) is 0 Å². The maximum Gasteiger partial charge on any atom is -0.0152 e. The van der Waals surface area contributed by atoms with E-state index in [1.165, 1.54) is 209 Å². The standard InChI is InChI=1S/2C13H24.C13H18.C13H14.C11H20.2C9H18.C9H12/c4*1-9-4-7-13-11(3)10(2)5-6-12(13)8-9;1-9-8-10(2)4-6-11(9,3)7-5-10;3*1-7-4-5-8(2)9(3)6-7/h2*9-13H,4-8H2,1-3H3;5-6,9H,4,7-8H2,1-3H3;4-8H,1-3H3;9H,4-8H2,1-3H3;2*7-9H,4-6H2,1-3H3;4-6H,1-3H3/t9-,10+,11+,12-,13+;9-,10+,11-,12-,13+;;;;7-,8-,9+;7-,8-,9-;/m11...00./s1. The molecule has 0 radical (unpaired) electrons. The number of benzene rings is 4. The minimum atomic E-state index is 0.720. The molecule has 508 valence electrons. The summed E-state index contributed by atoms with van der Waals surface area (Å²) in [7, 11) is 0. The third-order valence-corrected chi connectivity index (χ3v) is 27.8. The van der Waals surface area contributed by atoms with Crippen LogP contribution in [0.5, 0.6) is 0 Å². The Balaban J connectivity index is 0.000000165. The Morgan fingerprint density at radius 1 is 0.356 bits per heavy atom. The van der Waals surface area contributed by atoms with Gasteiger partial charge < -0.3 is 0 Å². The molecule has 4 aromatic rings. The number of aryl methyl sites for hydroxylation is 7. The molecule has 0 aliphatic heterocycles. The fraction of sp³-hybridized carbons (Fsp3) is 0.756. The van der Waals surface area contributed by atoms with Crippen molar-refractivity contribution in [3.63, 3.8) is 0 Å². The first-order valence-corrected chi connectivity index (χ1v) is 39.0. The van der Waals surface area contributed by atoms with Crippen molar-refractivity contribution in [2.75, 3.05) is 0 Å². The lowest BCUT2D eigenvalue weighted by molar-refractivity contribution is -0.0351. The SMILES string of the molecule is CC1CC2(C)CCC1(C)CC2.C[C@@H]1CC[C@@H]2[C@H](CC[C@H](C)[C@@H]2C)C1.C[C@@H]1CC[C@@H]2[C@H](CC[C@H](C)[C@H]2C)C1.C[C@H]1CC[C@H](C)[C@@H](C)C1.C[C@H]1CC[C@H](C)[C@H](C)C1.Cc1ccc(C)c(C)c1.Cc1ccc2c(C)c(C)ccc2c1.Cc1ccc2c(c1C)CCC(C)C2. The number of fused-ring (bicyclic) bond motifs is 7.